The van der Waals surface area contributed by atoms with E-state index < -0.39 is 12.1 Å². The van der Waals surface area contributed by atoms with Crippen molar-refractivity contribution in [2.45, 2.75) is 6.10 Å². The Morgan fingerprint density at radius 2 is 2.40 bits per heavy atom. The Kier molecular flexibility index (Phi) is 3.46. The third-order valence-corrected chi connectivity index (χ3v) is 2.17. The Bertz CT molecular complexity index is 120. The predicted molar refractivity (Wildman–Crippen MR) is 36.2 cm³/mol. The molecular formula is C3H6O5P2. The molecule has 1 aliphatic heterocycles. The van der Waals surface area contributed by atoms with Gasteiger partial charge in [0.25, 0.3) is 0 Å². The first kappa shape index (κ1) is 8.31. The van der Waals surface area contributed by atoms with Crippen LogP contribution in [0, 0.1) is 0 Å². The van der Waals surface area contributed by atoms with Gasteiger partial charge in [-0.05, 0) is 0 Å². The van der Waals surface area contributed by atoms with E-state index in [2.05, 4.69) is 0 Å². The van der Waals surface area contributed by atoms with E-state index in [4.69, 9.17) is 18.5 Å². The molecule has 1 fully saturated rings. The Labute approximate surface area is 60.9 Å². The first-order valence-corrected chi connectivity index (χ1v) is 4.10. The second-order valence-electron chi connectivity index (χ2n) is 1.52. The van der Waals surface area contributed by atoms with E-state index in [-0.39, 0.29) is 24.7 Å². The number of carbonyl (C=O) groups is 1. The summed E-state index contributed by atoms with van der Waals surface area (Å²) in [5, 5.41) is 8.41. The summed E-state index contributed by atoms with van der Waals surface area (Å²) in [6.07, 6.45) is -0.867. The average Bonchev–Trinajstić information content (AvgIpc) is 2.12. The van der Waals surface area contributed by atoms with Crippen molar-refractivity contribution in [1.29, 1.82) is 0 Å². The highest BCUT2D eigenvalue weighted by molar-refractivity contribution is 7.40. The van der Waals surface area contributed by atoms with E-state index in [1.807, 2.05) is 0 Å². The molecule has 1 aliphatic rings. The summed E-state index contributed by atoms with van der Waals surface area (Å²) in [4.78, 5) is 10.3. The van der Waals surface area contributed by atoms with E-state index in [0.29, 0.717) is 0 Å². The van der Waals surface area contributed by atoms with Crippen LogP contribution in [0.4, 0.5) is 0 Å². The molecule has 1 saturated heterocycles. The summed E-state index contributed by atoms with van der Waals surface area (Å²) >= 11 is 0. The SMILES string of the molecule is O=C(O)C1COPOPO1. The van der Waals surface area contributed by atoms with Gasteiger partial charge in [0, 0.05) is 0 Å². The molecule has 5 nitrogen and oxygen atoms in total. The molecule has 0 aromatic heterocycles. The first-order chi connectivity index (χ1) is 4.80. The number of hydrogen-bond donors (Lipinski definition) is 1. The maximum atomic E-state index is 10.3. The van der Waals surface area contributed by atoms with Crippen LogP contribution in [0.25, 0.3) is 0 Å². The molecule has 0 bridgehead atoms. The van der Waals surface area contributed by atoms with Crippen LogP contribution in [-0.4, -0.2) is 23.8 Å². The average molecular weight is 184 g/mol. The lowest BCUT2D eigenvalue weighted by Crippen LogP contribution is -2.24. The monoisotopic (exact) mass is 184 g/mol. The zero-order valence-electron chi connectivity index (χ0n) is 4.86. The van der Waals surface area contributed by atoms with E-state index in [1.165, 1.54) is 0 Å². The molecular weight excluding hydrogens is 178 g/mol. The van der Waals surface area contributed by atoms with Gasteiger partial charge in [0.2, 0.25) is 0 Å². The first-order valence-electron chi connectivity index (χ1n) is 2.47. The van der Waals surface area contributed by atoms with Crippen molar-refractivity contribution in [2.24, 2.45) is 0 Å². The third kappa shape index (κ3) is 2.45. The van der Waals surface area contributed by atoms with Gasteiger partial charge in [-0.3, -0.25) is 4.31 Å². The minimum atomic E-state index is -1.01. The van der Waals surface area contributed by atoms with Gasteiger partial charge in [0.15, 0.2) is 24.2 Å². The van der Waals surface area contributed by atoms with Crippen molar-refractivity contribution in [2.75, 3.05) is 6.61 Å². The molecule has 0 aromatic rings. The number of carboxylic acid groups (broad SMARTS) is 1. The quantitative estimate of drug-likeness (QED) is 0.601. The fraction of sp³-hybridized carbons (Fsp3) is 0.667. The minimum Gasteiger partial charge on any atom is -0.479 e. The van der Waals surface area contributed by atoms with Crippen LogP contribution in [0.3, 0.4) is 0 Å². The van der Waals surface area contributed by atoms with E-state index >= 15 is 0 Å². The van der Waals surface area contributed by atoms with Gasteiger partial charge in [-0.15, -0.1) is 0 Å². The largest absolute Gasteiger partial charge is 0.479 e. The molecule has 58 valence electrons. The molecule has 3 atom stereocenters. The van der Waals surface area contributed by atoms with Gasteiger partial charge in [-0.1, -0.05) is 0 Å². The number of rotatable bonds is 1. The third-order valence-electron chi connectivity index (χ3n) is 0.843. The standard InChI is InChI=1S/C3H6O5P2/c4-3(5)2-1-6-9-8-10-7-2/h2,9-10H,1H2,(H,4,5). The van der Waals surface area contributed by atoms with Gasteiger partial charge in [0.05, 0.1) is 6.61 Å². The van der Waals surface area contributed by atoms with Gasteiger partial charge in [-0.2, -0.15) is 0 Å². The van der Waals surface area contributed by atoms with Crippen LogP contribution < -0.4 is 0 Å². The van der Waals surface area contributed by atoms with E-state index in [9.17, 15) is 4.79 Å². The molecule has 7 heteroatoms. The van der Waals surface area contributed by atoms with Crippen molar-refractivity contribution >= 4 is 24.0 Å². The number of aliphatic carboxylic acids is 1. The smallest absolute Gasteiger partial charge is 0.335 e. The highest BCUT2D eigenvalue weighted by Gasteiger charge is 2.20. The number of carboxylic acids is 1. The summed E-state index contributed by atoms with van der Waals surface area (Å²) in [5.41, 5.74) is 0. The summed E-state index contributed by atoms with van der Waals surface area (Å²) in [7, 11) is -0.328. The topological polar surface area (TPSA) is 65.0 Å². The predicted octanol–water partition coefficient (Wildman–Crippen LogP) is 0.520. The lowest BCUT2D eigenvalue weighted by Gasteiger charge is -2.04. The molecule has 1 rings (SSSR count). The van der Waals surface area contributed by atoms with Crippen molar-refractivity contribution in [3.63, 3.8) is 0 Å². The fourth-order valence-electron chi connectivity index (χ4n) is 0.394. The Balaban J connectivity index is 2.35. The molecule has 1 heterocycles. The van der Waals surface area contributed by atoms with Crippen LogP contribution in [0.2, 0.25) is 0 Å². The molecule has 0 saturated carbocycles. The highest BCUT2D eigenvalue weighted by Crippen LogP contribution is 2.33. The lowest BCUT2D eigenvalue weighted by molar-refractivity contribution is -0.145. The van der Waals surface area contributed by atoms with Gasteiger partial charge < -0.3 is 14.2 Å². The maximum Gasteiger partial charge on any atom is 0.335 e. The molecule has 1 N–H and O–H groups in total. The molecule has 0 spiro atoms. The molecule has 0 radical (unpaired) electrons. The lowest BCUT2D eigenvalue weighted by atomic mass is 10.4. The van der Waals surface area contributed by atoms with E-state index in [1.54, 1.807) is 0 Å². The zero-order chi connectivity index (χ0) is 7.40. The van der Waals surface area contributed by atoms with Gasteiger partial charge in [0.1, 0.15) is 0 Å². The van der Waals surface area contributed by atoms with Crippen LogP contribution in [0.1, 0.15) is 0 Å². The van der Waals surface area contributed by atoms with Crippen LogP contribution in [-0.2, 0) is 18.2 Å². The second kappa shape index (κ2) is 4.16. The molecule has 0 aliphatic carbocycles. The fourth-order valence-corrected chi connectivity index (χ4v) is 1.46. The summed E-state index contributed by atoms with van der Waals surface area (Å²) < 4.78 is 14.3. The van der Waals surface area contributed by atoms with Gasteiger partial charge in [-0.25, -0.2) is 4.79 Å². The summed E-state index contributed by atoms with van der Waals surface area (Å²) in [6.45, 7) is 0.0702. The molecule has 3 unspecified atom stereocenters. The van der Waals surface area contributed by atoms with Crippen molar-refractivity contribution in [3.8, 4) is 0 Å². The molecule has 0 aromatic carbocycles. The van der Waals surface area contributed by atoms with Crippen molar-refractivity contribution < 1.29 is 23.3 Å². The molecule has 0 amide bonds. The minimum absolute atomic E-state index is 0.0702. The maximum absolute atomic E-state index is 10.3. The Hall–Kier alpha value is 0.210. The second-order valence-corrected chi connectivity index (χ2v) is 3.20. The van der Waals surface area contributed by atoms with Crippen LogP contribution >= 0.6 is 18.1 Å². The van der Waals surface area contributed by atoms with Crippen molar-refractivity contribution in [1.82, 2.24) is 0 Å². The van der Waals surface area contributed by atoms with Gasteiger partial charge >= 0.3 is 5.97 Å². The summed E-state index contributed by atoms with van der Waals surface area (Å²) in [5.74, 6) is -1.01. The Morgan fingerprint density at radius 1 is 1.60 bits per heavy atom. The van der Waals surface area contributed by atoms with Crippen LogP contribution in [0.5, 0.6) is 0 Å². The molecule has 10 heavy (non-hydrogen) atoms. The van der Waals surface area contributed by atoms with Crippen LogP contribution in [0.15, 0.2) is 0 Å². The number of hydrogen-bond acceptors (Lipinski definition) is 4. The summed E-state index contributed by atoms with van der Waals surface area (Å²) in [6, 6.07) is 0. The van der Waals surface area contributed by atoms with Crippen molar-refractivity contribution in [3.05, 3.63) is 0 Å². The Morgan fingerprint density at radius 3 is 3.10 bits per heavy atom. The highest BCUT2D eigenvalue weighted by atomic mass is 31.2. The van der Waals surface area contributed by atoms with E-state index in [0.717, 1.165) is 0 Å². The zero-order valence-corrected chi connectivity index (χ0v) is 6.86. The normalized spacial score (nSPS) is 32.2.